The smallest absolute Gasteiger partial charge is 0.186 e. The molecule has 0 amide bonds. The summed E-state index contributed by atoms with van der Waals surface area (Å²) >= 11 is 0. The van der Waals surface area contributed by atoms with Gasteiger partial charge in [-0.1, -0.05) is 66.4 Å². The third-order valence-corrected chi connectivity index (χ3v) is 7.32. The van der Waals surface area contributed by atoms with Crippen LogP contribution in [0, 0.1) is 0 Å². The lowest BCUT2D eigenvalue weighted by Crippen LogP contribution is -2.17. The molecule has 1 heterocycles. The highest BCUT2D eigenvalue weighted by atomic mass is 32.2. The van der Waals surface area contributed by atoms with E-state index in [1.165, 1.54) is 0 Å². The maximum absolute atomic E-state index is 12.6. The van der Waals surface area contributed by atoms with Crippen molar-refractivity contribution < 1.29 is 16.8 Å². The highest BCUT2D eigenvalue weighted by molar-refractivity contribution is 8.02. The molecule has 0 atom stereocenters. The Morgan fingerprint density at radius 2 is 1.00 bits per heavy atom. The average molecular weight is 360 g/mol. The largest absolute Gasteiger partial charge is 0.223 e. The summed E-state index contributed by atoms with van der Waals surface area (Å²) in [7, 11) is -7.21. The van der Waals surface area contributed by atoms with Crippen LogP contribution in [0.25, 0.3) is 9.81 Å². The summed E-state index contributed by atoms with van der Waals surface area (Å²) in [5.74, 6) is -0.406. The molecule has 0 radical (unpaired) electrons. The maximum Gasteiger partial charge on any atom is 0.186 e. The van der Waals surface area contributed by atoms with Gasteiger partial charge in [0.05, 0.1) is 11.5 Å². The van der Waals surface area contributed by atoms with Crippen molar-refractivity contribution in [1.29, 1.82) is 0 Å². The predicted molar refractivity (Wildman–Crippen MR) is 95.4 cm³/mol. The molecule has 124 valence electrons. The molecule has 1 aliphatic heterocycles. The highest BCUT2D eigenvalue weighted by Gasteiger charge is 2.28. The molecule has 0 fully saturated rings. The fourth-order valence-corrected chi connectivity index (χ4v) is 5.79. The van der Waals surface area contributed by atoms with Crippen molar-refractivity contribution >= 4 is 29.5 Å². The zero-order valence-corrected chi connectivity index (χ0v) is 14.5. The van der Waals surface area contributed by atoms with Crippen molar-refractivity contribution in [2.75, 3.05) is 11.5 Å². The first kappa shape index (κ1) is 16.7. The van der Waals surface area contributed by atoms with Gasteiger partial charge >= 0.3 is 0 Å². The minimum absolute atomic E-state index is 0.0646. The van der Waals surface area contributed by atoms with Gasteiger partial charge in [0, 0.05) is 11.1 Å². The summed E-state index contributed by atoms with van der Waals surface area (Å²) in [5.41, 5.74) is 3.62. The SMILES string of the molecule is O=S1(=O)CCCS(=O)(=O)C(c2ccccc2)=C=C1c1ccccc1. The Morgan fingerprint density at radius 1 is 0.625 bits per heavy atom. The van der Waals surface area contributed by atoms with Gasteiger partial charge in [0.1, 0.15) is 9.81 Å². The molecule has 0 aromatic heterocycles. The second-order valence-corrected chi connectivity index (χ2v) is 9.60. The molecule has 0 spiro atoms. The predicted octanol–water partition coefficient (Wildman–Crippen LogP) is 2.90. The van der Waals surface area contributed by atoms with E-state index in [2.05, 4.69) is 5.73 Å². The molecule has 0 bridgehead atoms. The average Bonchev–Trinajstić information content (AvgIpc) is 2.55. The molecule has 2 aromatic carbocycles. The van der Waals surface area contributed by atoms with E-state index in [1.54, 1.807) is 60.7 Å². The normalized spacial score (nSPS) is 19.5. The van der Waals surface area contributed by atoms with Crippen LogP contribution in [0.15, 0.2) is 66.4 Å². The van der Waals surface area contributed by atoms with Gasteiger partial charge < -0.3 is 0 Å². The molecule has 2 aromatic rings. The van der Waals surface area contributed by atoms with Crippen LogP contribution in [-0.2, 0) is 19.7 Å². The van der Waals surface area contributed by atoms with E-state index >= 15 is 0 Å². The van der Waals surface area contributed by atoms with Gasteiger partial charge in [-0.3, -0.25) is 0 Å². The molecule has 0 unspecified atom stereocenters. The number of hydrogen-bond acceptors (Lipinski definition) is 4. The van der Waals surface area contributed by atoms with Crippen molar-refractivity contribution in [2.45, 2.75) is 6.42 Å². The first-order chi connectivity index (χ1) is 11.4. The van der Waals surface area contributed by atoms with E-state index < -0.39 is 19.7 Å². The molecule has 24 heavy (non-hydrogen) atoms. The molecule has 0 N–H and O–H groups in total. The minimum Gasteiger partial charge on any atom is -0.223 e. The van der Waals surface area contributed by atoms with Gasteiger partial charge in [-0.05, 0) is 6.42 Å². The summed E-state index contributed by atoms with van der Waals surface area (Å²) in [6.07, 6.45) is 0.0685. The van der Waals surface area contributed by atoms with Crippen LogP contribution in [0.5, 0.6) is 0 Å². The quantitative estimate of drug-likeness (QED) is 0.772. The topological polar surface area (TPSA) is 68.3 Å². The third-order valence-electron chi connectivity index (χ3n) is 3.75. The number of hydrogen-bond donors (Lipinski definition) is 0. The Balaban J connectivity index is 2.43. The number of benzene rings is 2. The van der Waals surface area contributed by atoms with Gasteiger partial charge in [0.25, 0.3) is 0 Å². The van der Waals surface area contributed by atoms with Crippen LogP contribution in [0.1, 0.15) is 17.5 Å². The molecule has 0 saturated heterocycles. The molecule has 0 saturated carbocycles. The van der Waals surface area contributed by atoms with Gasteiger partial charge in [-0.2, -0.15) is 0 Å². The van der Waals surface area contributed by atoms with Crippen molar-refractivity contribution in [2.24, 2.45) is 0 Å². The molecule has 1 aliphatic rings. The second-order valence-electron chi connectivity index (χ2n) is 5.51. The van der Waals surface area contributed by atoms with Gasteiger partial charge in [-0.15, -0.1) is 0 Å². The van der Waals surface area contributed by atoms with Gasteiger partial charge in [0.2, 0.25) is 0 Å². The van der Waals surface area contributed by atoms with Gasteiger partial charge in [-0.25, -0.2) is 16.8 Å². The van der Waals surface area contributed by atoms with E-state index in [9.17, 15) is 16.8 Å². The molecular weight excluding hydrogens is 344 g/mol. The Bertz CT molecular complexity index is 931. The standard InChI is InChI=1S/C18H16O4S2/c19-23(20)12-7-13-24(21,22)18(16-10-5-2-6-11-16)14-17(23)15-8-3-1-4-9-15/h1-6,8-11H,7,12-13H2. The monoisotopic (exact) mass is 360 g/mol. The lowest BCUT2D eigenvalue weighted by Gasteiger charge is -2.13. The third kappa shape index (κ3) is 3.36. The number of sulfone groups is 2. The Labute approximate surface area is 142 Å². The zero-order valence-electron chi connectivity index (χ0n) is 12.8. The fraction of sp³-hybridized carbons (Fsp3) is 0.167. The van der Waals surface area contributed by atoms with E-state index in [1.807, 2.05) is 0 Å². The molecule has 6 heteroatoms. The summed E-state index contributed by atoms with van der Waals surface area (Å²) in [5, 5.41) is 0. The van der Waals surface area contributed by atoms with Crippen LogP contribution >= 0.6 is 0 Å². The van der Waals surface area contributed by atoms with Crippen molar-refractivity contribution in [3.63, 3.8) is 0 Å². The van der Waals surface area contributed by atoms with Crippen LogP contribution in [-0.4, -0.2) is 28.3 Å². The Kier molecular flexibility index (Phi) is 4.45. The lowest BCUT2D eigenvalue weighted by molar-refractivity contribution is 0.599. The Morgan fingerprint density at radius 3 is 1.38 bits per heavy atom. The van der Waals surface area contributed by atoms with Crippen LogP contribution < -0.4 is 0 Å². The highest BCUT2D eigenvalue weighted by Crippen LogP contribution is 2.29. The Hall–Kier alpha value is -2.14. The van der Waals surface area contributed by atoms with Crippen molar-refractivity contribution in [3.05, 3.63) is 77.5 Å². The van der Waals surface area contributed by atoms with Crippen LogP contribution in [0.3, 0.4) is 0 Å². The van der Waals surface area contributed by atoms with E-state index in [0.717, 1.165) is 0 Å². The summed E-state index contributed by atoms with van der Waals surface area (Å²) in [4.78, 5) is -0.129. The van der Waals surface area contributed by atoms with Crippen molar-refractivity contribution in [1.82, 2.24) is 0 Å². The number of rotatable bonds is 2. The first-order valence-corrected chi connectivity index (χ1v) is 10.8. The van der Waals surface area contributed by atoms with Crippen LogP contribution in [0.4, 0.5) is 0 Å². The molecular formula is C18H16O4S2. The zero-order chi connectivity index (χ0) is 17.2. The van der Waals surface area contributed by atoms with Crippen molar-refractivity contribution in [3.8, 4) is 0 Å². The van der Waals surface area contributed by atoms with Crippen LogP contribution in [0.2, 0.25) is 0 Å². The first-order valence-electron chi connectivity index (χ1n) is 7.47. The molecule has 4 nitrogen and oxygen atoms in total. The summed E-state index contributed by atoms with van der Waals surface area (Å²) < 4.78 is 50.5. The van der Waals surface area contributed by atoms with E-state index in [0.29, 0.717) is 11.1 Å². The van der Waals surface area contributed by atoms with Gasteiger partial charge in [0.15, 0.2) is 19.7 Å². The molecule has 3 rings (SSSR count). The summed E-state index contributed by atoms with van der Waals surface area (Å²) in [6.45, 7) is 0. The second kappa shape index (κ2) is 6.40. The maximum atomic E-state index is 12.6. The fourth-order valence-electron chi connectivity index (χ4n) is 2.58. The van der Waals surface area contributed by atoms with E-state index in [-0.39, 0.29) is 27.7 Å². The van der Waals surface area contributed by atoms with E-state index in [4.69, 9.17) is 0 Å². The summed E-state index contributed by atoms with van der Waals surface area (Å²) in [6, 6.07) is 17.0. The minimum atomic E-state index is -3.61. The lowest BCUT2D eigenvalue weighted by atomic mass is 10.2. The molecule has 0 aliphatic carbocycles.